The van der Waals surface area contributed by atoms with Gasteiger partial charge >= 0.3 is 5.97 Å². The van der Waals surface area contributed by atoms with Crippen LogP contribution in [0.5, 0.6) is 0 Å². The Hall–Kier alpha value is -1.29. The molecular weight excluding hydrogens is 340 g/mol. The van der Waals surface area contributed by atoms with Crippen molar-refractivity contribution in [2.45, 2.75) is 71.3 Å². The van der Waals surface area contributed by atoms with Gasteiger partial charge in [0.05, 0.1) is 13.2 Å². The first-order valence-corrected chi connectivity index (χ1v) is 10.7. The normalized spacial score (nSPS) is 45.4. The van der Waals surface area contributed by atoms with Gasteiger partial charge in [-0.25, -0.2) is 4.79 Å². The van der Waals surface area contributed by atoms with Gasteiger partial charge in [0, 0.05) is 6.42 Å². The third-order valence-corrected chi connectivity index (χ3v) is 9.30. The highest BCUT2D eigenvalue weighted by Gasteiger charge is 2.60. The van der Waals surface area contributed by atoms with Crippen molar-refractivity contribution in [2.24, 2.45) is 34.5 Å². The van der Waals surface area contributed by atoms with Crippen molar-refractivity contribution >= 4 is 5.97 Å². The summed E-state index contributed by atoms with van der Waals surface area (Å²) >= 11 is 0. The minimum atomic E-state index is -0.372. The maximum Gasteiger partial charge on any atom is 0.373 e. The number of carbonyl (C=O) groups is 1. The van der Waals surface area contributed by atoms with Crippen molar-refractivity contribution < 1.29 is 19.1 Å². The molecule has 0 aromatic carbocycles. The summed E-state index contributed by atoms with van der Waals surface area (Å²) in [5.74, 6) is 3.78. The topological polar surface area (TPSA) is 59.7 Å². The Bertz CT molecular complexity index is 766. The number of carbonyl (C=O) groups excluding carboxylic acids is 1. The van der Waals surface area contributed by atoms with Crippen LogP contribution in [-0.4, -0.2) is 24.3 Å². The van der Waals surface area contributed by atoms with E-state index in [9.17, 15) is 9.90 Å². The van der Waals surface area contributed by atoms with Crippen molar-refractivity contribution in [1.29, 1.82) is 0 Å². The summed E-state index contributed by atoms with van der Waals surface area (Å²) in [5, 5.41) is 10.6. The lowest BCUT2D eigenvalue weighted by atomic mass is 9.45. The Morgan fingerprint density at radius 3 is 2.70 bits per heavy atom. The van der Waals surface area contributed by atoms with E-state index in [0.29, 0.717) is 17.6 Å². The van der Waals surface area contributed by atoms with Gasteiger partial charge in [0.15, 0.2) is 0 Å². The van der Waals surface area contributed by atoms with Crippen molar-refractivity contribution in [3.05, 3.63) is 23.2 Å². The number of aliphatic hydroxyl groups is 1. The number of hydrogen-bond donors (Lipinski definition) is 1. The van der Waals surface area contributed by atoms with Crippen LogP contribution in [0.15, 0.2) is 10.5 Å². The van der Waals surface area contributed by atoms with Crippen LogP contribution in [0.2, 0.25) is 0 Å². The van der Waals surface area contributed by atoms with E-state index in [1.807, 2.05) is 6.07 Å². The summed E-state index contributed by atoms with van der Waals surface area (Å²) in [7, 11) is 1.41. The van der Waals surface area contributed by atoms with Crippen molar-refractivity contribution in [3.8, 4) is 0 Å². The standard InChI is InChI=1S/C23H32O4/c1-22-9-8-17-15(16(22)6-7-20(22)24)5-4-14-11-18-13(12-23(14,17)2)10-19(27-18)21(25)26-3/h10,14-17,20,24H,4-9,11-12H2,1-3H3/t14-,15-,16-,17-,20-,22-,23-/m0/s1. The molecule has 3 saturated carbocycles. The predicted molar refractivity (Wildman–Crippen MR) is 101 cm³/mol. The summed E-state index contributed by atoms with van der Waals surface area (Å²) in [6.07, 6.45) is 8.97. The monoisotopic (exact) mass is 372 g/mol. The fraction of sp³-hybridized carbons (Fsp3) is 0.783. The van der Waals surface area contributed by atoms with E-state index in [1.165, 1.54) is 38.4 Å². The Kier molecular flexibility index (Phi) is 3.86. The molecule has 5 rings (SSSR count). The molecule has 1 N–H and O–H groups in total. The molecule has 1 aromatic heterocycles. The third kappa shape index (κ3) is 2.35. The maximum absolute atomic E-state index is 11.9. The van der Waals surface area contributed by atoms with Gasteiger partial charge in [-0.1, -0.05) is 13.8 Å². The Labute approximate surface area is 161 Å². The van der Waals surface area contributed by atoms with Crippen molar-refractivity contribution in [3.63, 3.8) is 0 Å². The summed E-state index contributed by atoms with van der Waals surface area (Å²) in [6, 6.07) is 1.93. The zero-order chi connectivity index (χ0) is 19.0. The van der Waals surface area contributed by atoms with Crippen molar-refractivity contribution in [2.75, 3.05) is 7.11 Å². The second-order valence-corrected chi connectivity index (χ2v) is 10.2. The molecule has 0 unspecified atom stereocenters. The van der Waals surface area contributed by atoms with E-state index in [0.717, 1.165) is 43.3 Å². The van der Waals surface area contributed by atoms with E-state index >= 15 is 0 Å². The van der Waals surface area contributed by atoms with Crippen LogP contribution >= 0.6 is 0 Å². The van der Waals surface area contributed by atoms with Crippen LogP contribution < -0.4 is 0 Å². The number of hydrogen-bond acceptors (Lipinski definition) is 4. The second kappa shape index (κ2) is 5.85. The minimum absolute atomic E-state index is 0.108. The van der Waals surface area contributed by atoms with Gasteiger partial charge in [-0.05, 0) is 91.1 Å². The largest absolute Gasteiger partial charge is 0.463 e. The lowest BCUT2D eigenvalue weighted by Gasteiger charge is -2.59. The Morgan fingerprint density at radius 2 is 1.93 bits per heavy atom. The molecule has 1 heterocycles. The molecule has 0 radical (unpaired) electrons. The molecule has 4 nitrogen and oxygen atoms in total. The quantitative estimate of drug-likeness (QED) is 0.743. The van der Waals surface area contributed by atoms with Gasteiger partial charge in [0.1, 0.15) is 5.76 Å². The van der Waals surface area contributed by atoms with E-state index in [4.69, 9.17) is 9.15 Å². The molecule has 1 aromatic rings. The van der Waals surface area contributed by atoms with Crippen LogP contribution in [0.4, 0.5) is 0 Å². The summed E-state index contributed by atoms with van der Waals surface area (Å²) in [5.41, 5.74) is 1.63. The third-order valence-electron chi connectivity index (χ3n) is 9.30. The maximum atomic E-state index is 11.9. The average Bonchev–Trinajstić information content (AvgIpc) is 3.19. The van der Waals surface area contributed by atoms with Crippen molar-refractivity contribution in [1.82, 2.24) is 0 Å². The van der Waals surface area contributed by atoms with Crippen LogP contribution in [0.1, 0.15) is 74.3 Å². The van der Waals surface area contributed by atoms with Gasteiger partial charge in [0.25, 0.3) is 0 Å². The van der Waals surface area contributed by atoms with Gasteiger partial charge in [0.2, 0.25) is 5.76 Å². The van der Waals surface area contributed by atoms with Gasteiger partial charge < -0.3 is 14.3 Å². The number of fused-ring (bicyclic) bond motifs is 6. The summed E-state index contributed by atoms with van der Waals surface area (Å²) in [4.78, 5) is 11.9. The highest BCUT2D eigenvalue weighted by Crippen LogP contribution is 2.65. The average molecular weight is 373 g/mol. The molecule has 7 atom stereocenters. The lowest BCUT2D eigenvalue weighted by molar-refractivity contribution is -0.112. The molecule has 0 saturated heterocycles. The molecular formula is C23H32O4. The van der Waals surface area contributed by atoms with Crippen LogP contribution in [0.25, 0.3) is 0 Å². The number of furan rings is 1. The first-order chi connectivity index (χ1) is 12.9. The van der Waals surface area contributed by atoms with E-state index in [2.05, 4.69) is 13.8 Å². The van der Waals surface area contributed by atoms with E-state index in [-0.39, 0.29) is 22.9 Å². The van der Waals surface area contributed by atoms with Crippen LogP contribution in [0, 0.1) is 34.5 Å². The van der Waals surface area contributed by atoms with Crippen LogP contribution in [-0.2, 0) is 17.6 Å². The number of ether oxygens (including phenoxy) is 1. The highest BCUT2D eigenvalue weighted by atomic mass is 16.5. The molecule has 0 amide bonds. The molecule has 3 fully saturated rings. The van der Waals surface area contributed by atoms with Gasteiger partial charge in [-0.15, -0.1) is 0 Å². The van der Waals surface area contributed by atoms with Gasteiger partial charge in [-0.3, -0.25) is 0 Å². The highest BCUT2D eigenvalue weighted by molar-refractivity contribution is 5.86. The Morgan fingerprint density at radius 1 is 1.15 bits per heavy atom. The predicted octanol–water partition coefficient (Wildman–Crippen LogP) is 4.38. The van der Waals surface area contributed by atoms with E-state index < -0.39 is 0 Å². The number of methoxy groups -OCH3 is 1. The first-order valence-electron chi connectivity index (χ1n) is 10.7. The fourth-order valence-electron chi connectivity index (χ4n) is 7.74. The molecule has 4 heteroatoms. The molecule has 27 heavy (non-hydrogen) atoms. The summed E-state index contributed by atoms with van der Waals surface area (Å²) < 4.78 is 10.7. The minimum Gasteiger partial charge on any atom is -0.463 e. The molecule has 4 aliphatic rings. The first kappa shape index (κ1) is 17.8. The number of rotatable bonds is 1. The Balaban J connectivity index is 1.46. The lowest BCUT2D eigenvalue weighted by Crippen LogP contribution is -2.54. The molecule has 4 aliphatic carbocycles. The van der Waals surface area contributed by atoms with E-state index in [1.54, 1.807) is 0 Å². The molecule has 0 aliphatic heterocycles. The smallest absolute Gasteiger partial charge is 0.373 e. The fourth-order valence-corrected chi connectivity index (χ4v) is 7.74. The molecule has 0 spiro atoms. The second-order valence-electron chi connectivity index (χ2n) is 10.2. The number of aliphatic hydroxyl groups excluding tert-OH is 1. The zero-order valence-corrected chi connectivity index (χ0v) is 16.8. The van der Waals surface area contributed by atoms with Gasteiger partial charge in [-0.2, -0.15) is 0 Å². The SMILES string of the molecule is COC(=O)c1cc2c(o1)C[C@@H]1CC[C@@H]3[C@H](CC[C@]4(C)[C@@H](O)CC[C@@H]34)[C@@]1(C)C2. The summed E-state index contributed by atoms with van der Waals surface area (Å²) in [6.45, 7) is 4.84. The van der Waals surface area contributed by atoms with Crippen LogP contribution in [0.3, 0.4) is 0 Å². The molecule has 148 valence electrons. The molecule has 0 bridgehead atoms. The number of esters is 1. The zero-order valence-electron chi connectivity index (χ0n) is 16.8.